The Bertz CT molecular complexity index is 370. The SMILES string of the molecule is CCCC(C)C(Br)c1c(CC)cc(CC)cc1CC. The van der Waals surface area contributed by atoms with E-state index in [1.807, 2.05) is 0 Å². The fourth-order valence-corrected chi connectivity index (χ4v) is 3.73. The highest BCUT2D eigenvalue weighted by atomic mass is 79.9. The van der Waals surface area contributed by atoms with Crippen molar-refractivity contribution >= 4 is 15.9 Å². The number of hydrogen-bond donors (Lipinski definition) is 0. The Morgan fingerprint density at radius 2 is 1.47 bits per heavy atom. The molecule has 0 radical (unpaired) electrons. The van der Waals surface area contributed by atoms with Crippen molar-refractivity contribution in [2.75, 3.05) is 0 Å². The van der Waals surface area contributed by atoms with Gasteiger partial charge in [-0.1, -0.05) is 69.1 Å². The van der Waals surface area contributed by atoms with Crippen molar-refractivity contribution in [3.05, 3.63) is 34.4 Å². The molecule has 1 heteroatoms. The first-order valence-electron chi connectivity index (χ1n) is 7.87. The zero-order valence-corrected chi connectivity index (χ0v) is 14.8. The third kappa shape index (κ3) is 4.08. The number of hydrogen-bond acceptors (Lipinski definition) is 0. The summed E-state index contributed by atoms with van der Waals surface area (Å²) in [6.07, 6.45) is 5.96. The van der Waals surface area contributed by atoms with Gasteiger partial charge in [0, 0.05) is 4.83 Å². The largest absolute Gasteiger partial charge is 0.0836 e. The van der Waals surface area contributed by atoms with Crippen molar-refractivity contribution in [3.63, 3.8) is 0 Å². The number of alkyl halides is 1. The summed E-state index contributed by atoms with van der Waals surface area (Å²) in [5, 5.41) is 0. The number of halogens is 1. The summed E-state index contributed by atoms with van der Waals surface area (Å²) in [5.41, 5.74) is 6.14. The Morgan fingerprint density at radius 3 is 1.84 bits per heavy atom. The third-order valence-electron chi connectivity index (χ3n) is 4.10. The summed E-state index contributed by atoms with van der Waals surface area (Å²) in [6, 6.07) is 4.84. The van der Waals surface area contributed by atoms with Crippen molar-refractivity contribution < 1.29 is 0 Å². The molecule has 0 aliphatic rings. The highest BCUT2D eigenvalue weighted by Crippen LogP contribution is 2.38. The maximum atomic E-state index is 3.98. The third-order valence-corrected chi connectivity index (χ3v) is 5.46. The predicted molar refractivity (Wildman–Crippen MR) is 90.3 cm³/mol. The quantitative estimate of drug-likeness (QED) is 0.520. The Kier molecular flexibility index (Phi) is 7.13. The molecule has 0 saturated carbocycles. The molecular formula is C18H29Br. The summed E-state index contributed by atoms with van der Waals surface area (Å²) in [4.78, 5) is 0.503. The first-order chi connectivity index (χ1) is 9.08. The van der Waals surface area contributed by atoms with Crippen molar-refractivity contribution in [2.45, 2.75) is 71.5 Å². The highest BCUT2D eigenvalue weighted by Gasteiger charge is 2.21. The standard InChI is InChI=1S/C18H29Br/c1-6-10-13(5)18(19)17-15(8-3)11-14(7-2)12-16(17)9-4/h11-13,18H,6-10H2,1-5H3. The van der Waals surface area contributed by atoms with Gasteiger partial charge in [-0.25, -0.2) is 0 Å². The van der Waals surface area contributed by atoms with Gasteiger partial charge in [0.1, 0.15) is 0 Å². The molecule has 0 nitrogen and oxygen atoms in total. The Hall–Kier alpha value is -0.300. The maximum Gasteiger partial charge on any atom is 0.0426 e. The van der Waals surface area contributed by atoms with Crippen molar-refractivity contribution in [2.24, 2.45) is 5.92 Å². The molecule has 0 aliphatic heterocycles. The van der Waals surface area contributed by atoms with E-state index in [-0.39, 0.29) is 0 Å². The zero-order chi connectivity index (χ0) is 14.4. The molecule has 0 N–H and O–H groups in total. The van der Waals surface area contributed by atoms with Gasteiger partial charge in [-0.2, -0.15) is 0 Å². The minimum atomic E-state index is 0.503. The summed E-state index contributed by atoms with van der Waals surface area (Å²) >= 11 is 3.98. The lowest BCUT2D eigenvalue weighted by atomic mass is 9.87. The van der Waals surface area contributed by atoms with Crippen LogP contribution in [-0.4, -0.2) is 0 Å². The van der Waals surface area contributed by atoms with Crippen LogP contribution in [0.2, 0.25) is 0 Å². The lowest BCUT2D eigenvalue weighted by Gasteiger charge is -2.24. The summed E-state index contributed by atoms with van der Waals surface area (Å²) in [6.45, 7) is 11.5. The van der Waals surface area contributed by atoms with Crippen LogP contribution >= 0.6 is 15.9 Å². The molecule has 1 rings (SSSR count). The minimum Gasteiger partial charge on any atom is -0.0836 e. The lowest BCUT2D eigenvalue weighted by Crippen LogP contribution is -2.10. The van der Waals surface area contributed by atoms with E-state index in [4.69, 9.17) is 0 Å². The molecule has 0 amide bonds. The van der Waals surface area contributed by atoms with Crippen LogP contribution in [0.25, 0.3) is 0 Å². The van der Waals surface area contributed by atoms with Gasteiger partial charge >= 0.3 is 0 Å². The summed E-state index contributed by atoms with van der Waals surface area (Å²) < 4.78 is 0. The molecule has 108 valence electrons. The second-order valence-corrected chi connectivity index (χ2v) is 6.54. The predicted octanol–water partition coefficient (Wildman–Crippen LogP) is 6.25. The first-order valence-corrected chi connectivity index (χ1v) is 8.79. The molecule has 0 saturated heterocycles. The fourth-order valence-electron chi connectivity index (χ4n) is 2.88. The van der Waals surface area contributed by atoms with E-state index in [1.54, 1.807) is 16.7 Å². The highest BCUT2D eigenvalue weighted by molar-refractivity contribution is 9.09. The van der Waals surface area contributed by atoms with Crippen LogP contribution in [0, 0.1) is 5.92 Å². The van der Waals surface area contributed by atoms with E-state index < -0.39 is 0 Å². The average Bonchev–Trinajstić information content (AvgIpc) is 2.44. The van der Waals surface area contributed by atoms with Crippen molar-refractivity contribution in [1.29, 1.82) is 0 Å². The van der Waals surface area contributed by atoms with Gasteiger partial charge in [-0.05, 0) is 53.9 Å². The van der Waals surface area contributed by atoms with E-state index in [9.17, 15) is 0 Å². The van der Waals surface area contributed by atoms with Gasteiger partial charge < -0.3 is 0 Å². The van der Waals surface area contributed by atoms with E-state index >= 15 is 0 Å². The molecule has 0 fully saturated rings. The topological polar surface area (TPSA) is 0 Å². The molecule has 0 heterocycles. The number of rotatable bonds is 7. The second-order valence-electron chi connectivity index (χ2n) is 5.56. The van der Waals surface area contributed by atoms with Crippen LogP contribution in [-0.2, 0) is 19.3 Å². The first kappa shape index (κ1) is 16.8. The van der Waals surface area contributed by atoms with Crippen molar-refractivity contribution in [1.82, 2.24) is 0 Å². The van der Waals surface area contributed by atoms with Crippen LogP contribution in [0.3, 0.4) is 0 Å². The van der Waals surface area contributed by atoms with Crippen LogP contribution in [0.5, 0.6) is 0 Å². The molecule has 0 bridgehead atoms. The molecule has 0 spiro atoms. The Morgan fingerprint density at radius 1 is 0.947 bits per heavy atom. The average molecular weight is 325 g/mol. The van der Waals surface area contributed by atoms with Gasteiger partial charge in [0.05, 0.1) is 0 Å². The summed E-state index contributed by atoms with van der Waals surface area (Å²) in [7, 11) is 0. The van der Waals surface area contributed by atoms with E-state index in [0.29, 0.717) is 10.7 Å². The van der Waals surface area contributed by atoms with Gasteiger partial charge in [0.2, 0.25) is 0 Å². The molecule has 0 aromatic heterocycles. The van der Waals surface area contributed by atoms with E-state index in [1.165, 1.54) is 18.4 Å². The monoisotopic (exact) mass is 324 g/mol. The molecule has 1 aromatic carbocycles. The molecule has 2 unspecified atom stereocenters. The van der Waals surface area contributed by atoms with Gasteiger partial charge in [-0.15, -0.1) is 0 Å². The number of aryl methyl sites for hydroxylation is 3. The van der Waals surface area contributed by atoms with E-state index in [0.717, 1.165) is 19.3 Å². The normalized spacial score (nSPS) is 14.4. The van der Waals surface area contributed by atoms with Gasteiger partial charge in [0.15, 0.2) is 0 Å². The van der Waals surface area contributed by atoms with Gasteiger partial charge in [0.25, 0.3) is 0 Å². The van der Waals surface area contributed by atoms with Crippen LogP contribution < -0.4 is 0 Å². The molecule has 19 heavy (non-hydrogen) atoms. The Labute approximate surface area is 128 Å². The van der Waals surface area contributed by atoms with Crippen LogP contribution in [0.4, 0.5) is 0 Å². The molecule has 0 aliphatic carbocycles. The van der Waals surface area contributed by atoms with Crippen molar-refractivity contribution in [3.8, 4) is 0 Å². The molecular weight excluding hydrogens is 296 g/mol. The lowest BCUT2D eigenvalue weighted by molar-refractivity contribution is 0.515. The van der Waals surface area contributed by atoms with E-state index in [2.05, 4.69) is 62.7 Å². The zero-order valence-electron chi connectivity index (χ0n) is 13.2. The van der Waals surface area contributed by atoms with Crippen LogP contribution in [0.15, 0.2) is 12.1 Å². The second kappa shape index (κ2) is 8.09. The fraction of sp³-hybridized carbons (Fsp3) is 0.667. The molecule has 1 aromatic rings. The Balaban J connectivity index is 3.23. The molecule has 2 atom stereocenters. The van der Waals surface area contributed by atoms with Gasteiger partial charge in [-0.3, -0.25) is 0 Å². The minimum absolute atomic E-state index is 0.503. The number of benzene rings is 1. The summed E-state index contributed by atoms with van der Waals surface area (Å²) in [5.74, 6) is 0.702. The van der Waals surface area contributed by atoms with Crippen LogP contribution in [0.1, 0.15) is 74.5 Å². The smallest absolute Gasteiger partial charge is 0.0426 e. The maximum absolute atomic E-state index is 3.98.